The zero-order chi connectivity index (χ0) is 36.5. The SMILES string of the molecule is CC(C)(C)c1ccnc(-c2cc(C(C)(C)C)cc(-n3cccn3)n2)c1.CC(C)(C)c1ccnc(-c2cc(C(C)(C)C)cc(-n3cccn3)n2)c1.[Co+3]. The van der Waals surface area contributed by atoms with Gasteiger partial charge >= 0.3 is 16.8 Å². The van der Waals surface area contributed by atoms with Gasteiger partial charge in [0, 0.05) is 37.2 Å². The van der Waals surface area contributed by atoms with Gasteiger partial charge in [-0.1, -0.05) is 83.1 Å². The van der Waals surface area contributed by atoms with Crippen molar-refractivity contribution in [3.63, 3.8) is 0 Å². The maximum absolute atomic E-state index is 4.82. The summed E-state index contributed by atoms with van der Waals surface area (Å²) in [6.07, 6.45) is 11.1. The van der Waals surface area contributed by atoms with Crippen LogP contribution in [0.5, 0.6) is 0 Å². The van der Waals surface area contributed by atoms with E-state index in [1.54, 1.807) is 21.8 Å². The van der Waals surface area contributed by atoms with Crippen LogP contribution in [-0.4, -0.2) is 39.5 Å². The third-order valence-corrected chi connectivity index (χ3v) is 8.61. The van der Waals surface area contributed by atoms with Gasteiger partial charge in [0.25, 0.3) is 0 Å². The van der Waals surface area contributed by atoms with E-state index in [2.05, 4.69) is 152 Å². The number of nitrogens with zero attached hydrogens (tertiary/aromatic N) is 8. The monoisotopic (exact) mass is 727 g/mol. The van der Waals surface area contributed by atoms with Crippen LogP contribution in [0.25, 0.3) is 34.4 Å². The summed E-state index contributed by atoms with van der Waals surface area (Å²) < 4.78 is 3.60. The fraction of sp³-hybridized carbons (Fsp3) is 0.381. The molecule has 51 heavy (non-hydrogen) atoms. The van der Waals surface area contributed by atoms with Crippen molar-refractivity contribution in [2.45, 2.75) is 105 Å². The second kappa shape index (κ2) is 15.0. The molecule has 8 nitrogen and oxygen atoms in total. The molecular weight excluding hydrogens is 675 g/mol. The molecule has 9 heteroatoms. The van der Waals surface area contributed by atoms with E-state index < -0.39 is 0 Å². The van der Waals surface area contributed by atoms with Gasteiger partial charge in [0.1, 0.15) is 0 Å². The van der Waals surface area contributed by atoms with Crippen LogP contribution in [0.1, 0.15) is 105 Å². The van der Waals surface area contributed by atoms with Gasteiger partial charge in [-0.25, -0.2) is 19.3 Å². The Kier molecular flexibility index (Phi) is 11.6. The molecule has 0 aliphatic rings. The zero-order valence-electron chi connectivity index (χ0n) is 32.1. The quantitative estimate of drug-likeness (QED) is 0.180. The molecule has 0 aliphatic heterocycles. The molecule has 0 atom stereocenters. The first-order valence-corrected chi connectivity index (χ1v) is 17.3. The predicted octanol–water partition coefficient (Wildman–Crippen LogP) is 9.85. The summed E-state index contributed by atoms with van der Waals surface area (Å²) in [4.78, 5) is 18.8. The van der Waals surface area contributed by atoms with Gasteiger partial charge in [0.15, 0.2) is 11.6 Å². The molecule has 0 aromatic carbocycles. The molecule has 0 N–H and O–H groups in total. The van der Waals surface area contributed by atoms with Crippen molar-refractivity contribution >= 4 is 0 Å². The molecule has 6 rings (SSSR count). The Morgan fingerprint density at radius 3 is 1.04 bits per heavy atom. The fourth-order valence-electron chi connectivity index (χ4n) is 5.28. The first-order chi connectivity index (χ1) is 23.3. The van der Waals surface area contributed by atoms with Crippen LogP contribution in [-0.2, 0) is 38.4 Å². The number of hydrogen-bond acceptors (Lipinski definition) is 6. The van der Waals surface area contributed by atoms with Crippen molar-refractivity contribution in [3.05, 3.63) is 120 Å². The first-order valence-electron chi connectivity index (χ1n) is 17.3. The molecule has 0 amide bonds. The Bertz CT molecular complexity index is 1890. The smallest absolute Gasteiger partial charge is 0.255 e. The molecule has 6 aromatic rings. The molecule has 0 saturated carbocycles. The van der Waals surface area contributed by atoms with Crippen LogP contribution < -0.4 is 0 Å². The van der Waals surface area contributed by atoms with E-state index in [1.165, 1.54) is 22.3 Å². The van der Waals surface area contributed by atoms with Crippen molar-refractivity contribution in [1.29, 1.82) is 0 Å². The van der Waals surface area contributed by atoms with Crippen LogP contribution in [0.15, 0.2) is 97.8 Å². The molecule has 6 heterocycles. The summed E-state index contributed by atoms with van der Waals surface area (Å²) in [6, 6.07) is 20.7. The predicted molar refractivity (Wildman–Crippen MR) is 204 cm³/mol. The minimum Gasteiger partial charge on any atom is -0.255 e. The molecular formula is C42H52CoN8+3. The Hall–Kier alpha value is -4.47. The third kappa shape index (κ3) is 9.86. The van der Waals surface area contributed by atoms with E-state index in [-0.39, 0.29) is 38.4 Å². The summed E-state index contributed by atoms with van der Waals surface area (Å²) in [5.41, 5.74) is 8.66. The average Bonchev–Trinajstić information content (AvgIpc) is 3.79. The topological polar surface area (TPSA) is 87.2 Å². The molecule has 0 unspecified atom stereocenters. The number of rotatable bonds is 4. The maximum atomic E-state index is 4.82. The minimum atomic E-state index is 0. The standard InChI is InChI=1S/2C21H26N4.Co/c2*1-20(2,3)15-8-10-22-17(12-15)18-13-16(21(4,5)6)14-19(24-18)25-11-7-9-23-25;/h2*7-14H,1-6H3;/q;;+3. The molecule has 0 bridgehead atoms. The van der Waals surface area contributed by atoms with Crippen molar-refractivity contribution in [1.82, 2.24) is 39.5 Å². The molecule has 0 radical (unpaired) electrons. The number of hydrogen-bond donors (Lipinski definition) is 0. The number of pyridine rings is 4. The van der Waals surface area contributed by atoms with Gasteiger partial charge in [0.05, 0.1) is 22.8 Å². The van der Waals surface area contributed by atoms with Crippen LogP contribution in [0.2, 0.25) is 0 Å². The van der Waals surface area contributed by atoms with E-state index in [4.69, 9.17) is 9.97 Å². The zero-order valence-corrected chi connectivity index (χ0v) is 33.2. The Morgan fingerprint density at radius 2 is 0.745 bits per heavy atom. The molecule has 266 valence electrons. The summed E-state index contributed by atoms with van der Waals surface area (Å²) >= 11 is 0. The third-order valence-electron chi connectivity index (χ3n) is 8.61. The maximum Gasteiger partial charge on any atom is 3.00 e. The Balaban J connectivity index is 0.000000224. The summed E-state index contributed by atoms with van der Waals surface area (Å²) in [5.74, 6) is 1.63. The fourth-order valence-corrected chi connectivity index (χ4v) is 5.28. The molecule has 0 spiro atoms. The first kappa shape index (κ1) is 39.3. The van der Waals surface area contributed by atoms with Gasteiger partial charge in [-0.05, 0) is 105 Å². The van der Waals surface area contributed by atoms with Gasteiger partial charge < -0.3 is 0 Å². The summed E-state index contributed by atoms with van der Waals surface area (Å²) in [7, 11) is 0. The normalized spacial score (nSPS) is 12.2. The van der Waals surface area contributed by atoms with Gasteiger partial charge in [-0.2, -0.15) is 10.2 Å². The Labute approximate surface area is 314 Å². The van der Waals surface area contributed by atoms with E-state index in [0.29, 0.717) is 0 Å². The van der Waals surface area contributed by atoms with Crippen molar-refractivity contribution in [2.24, 2.45) is 0 Å². The molecule has 0 aliphatic carbocycles. The molecule has 0 fully saturated rings. The second-order valence-electron chi connectivity index (χ2n) is 17.0. The Morgan fingerprint density at radius 1 is 0.412 bits per heavy atom. The number of aromatic nitrogens is 8. The largest absolute Gasteiger partial charge is 3.00 e. The van der Waals surface area contributed by atoms with Gasteiger partial charge in [0.2, 0.25) is 0 Å². The second-order valence-corrected chi connectivity index (χ2v) is 17.0. The minimum absolute atomic E-state index is 0. The van der Waals surface area contributed by atoms with Crippen LogP contribution in [0.3, 0.4) is 0 Å². The van der Waals surface area contributed by atoms with Crippen LogP contribution in [0, 0.1) is 0 Å². The molecule has 6 aromatic heterocycles. The van der Waals surface area contributed by atoms with Crippen molar-refractivity contribution < 1.29 is 16.8 Å². The average molecular weight is 728 g/mol. The van der Waals surface area contributed by atoms with Crippen LogP contribution in [0.4, 0.5) is 0 Å². The summed E-state index contributed by atoms with van der Waals surface area (Å²) in [5, 5.41) is 8.67. The van der Waals surface area contributed by atoms with E-state index >= 15 is 0 Å². The molecule has 0 saturated heterocycles. The van der Waals surface area contributed by atoms with Gasteiger partial charge in [-0.15, -0.1) is 0 Å². The van der Waals surface area contributed by atoms with Gasteiger partial charge in [-0.3, -0.25) is 9.97 Å². The summed E-state index contributed by atoms with van der Waals surface area (Å²) in [6.45, 7) is 26.5. The van der Waals surface area contributed by atoms with E-state index in [9.17, 15) is 0 Å². The van der Waals surface area contributed by atoms with Crippen molar-refractivity contribution in [2.75, 3.05) is 0 Å². The van der Waals surface area contributed by atoms with E-state index in [1.807, 2.05) is 36.9 Å². The van der Waals surface area contributed by atoms with Crippen molar-refractivity contribution in [3.8, 4) is 34.4 Å². The van der Waals surface area contributed by atoms with Crippen LogP contribution >= 0.6 is 0 Å². The van der Waals surface area contributed by atoms with E-state index in [0.717, 1.165) is 34.4 Å².